The highest BCUT2D eigenvalue weighted by molar-refractivity contribution is 9.10. The van der Waals surface area contributed by atoms with Crippen LogP contribution >= 0.6 is 27.3 Å². The van der Waals surface area contributed by atoms with Crippen molar-refractivity contribution in [2.45, 2.75) is 6.54 Å². The largest absolute Gasteiger partial charge is 0.366 e. The summed E-state index contributed by atoms with van der Waals surface area (Å²) in [6.07, 6.45) is 0. The fourth-order valence-electron chi connectivity index (χ4n) is 1.92. The Morgan fingerprint density at radius 2 is 2.00 bits per heavy atom. The molecule has 0 spiro atoms. The van der Waals surface area contributed by atoms with Crippen LogP contribution < -0.4 is 11.1 Å². The first-order valence-electron chi connectivity index (χ1n) is 6.74. The molecular formula is C14H11BrN6O2S. The Morgan fingerprint density at radius 1 is 1.25 bits per heavy atom. The fraction of sp³-hybridized carbons (Fsp3) is 0.0714. The van der Waals surface area contributed by atoms with Crippen LogP contribution in [0.15, 0.2) is 40.2 Å². The Morgan fingerprint density at radius 3 is 2.71 bits per heavy atom. The Labute approximate surface area is 148 Å². The molecule has 0 atom stereocenters. The number of hydrogen-bond donors (Lipinski definition) is 2. The Kier molecular flexibility index (Phi) is 4.67. The van der Waals surface area contributed by atoms with Crippen molar-refractivity contribution in [2.24, 2.45) is 5.73 Å². The van der Waals surface area contributed by atoms with Crippen LogP contribution in [-0.4, -0.2) is 32.0 Å². The van der Waals surface area contributed by atoms with E-state index in [4.69, 9.17) is 5.73 Å². The topological polar surface area (TPSA) is 116 Å². The van der Waals surface area contributed by atoms with Crippen molar-refractivity contribution in [1.82, 2.24) is 20.2 Å². The van der Waals surface area contributed by atoms with Gasteiger partial charge in [0, 0.05) is 10.0 Å². The third kappa shape index (κ3) is 3.66. The lowest BCUT2D eigenvalue weighted by Crippen LogP contribution is -2.22. The molecule has 0 saturated heterocycles. The monoisotopic (exact) mass is 406 g/mol. The number of tetrazole rings is 1. The third-order valence-corrected chi connectivity index (χ3v) is 4.38. The zero-order valence-electron chi connectivity index (χ0n) is 12.1. The predicted octanol–water partition coefficient (Wildman–Crippen LogP) is 1.90. The first-order chi connectivity index (χ1) is 11.5. The zero-order valence-corrected chi connectivity index (χ0v) is 14.5. The molecule has 0 aliphatic carbocycles. The number of rotatable bonds is 5. The van der Waals surface area contributed by atoms with Crippen LogP contribution in [-0.2, 0) is 11.3 Å². The van der Waals surface area contributed by atoms with Gasteiger partial charge in [0.15, 0.2) is 0 Å². The highest BCUT2D eigenvalue weighted by Gasteiger charge is 2.14. The van der Waals surface area contributed by atoms with Gasteiger partial charge >= 0.3 is 0 Å². The molecule has 0 bridgehead atoms. The minimum Gasteiger partial charge on any atom is -0.366 e. The normalized spacial score (nSPS) is 10.5. The highest BCUT2D eigenvalue weighted by Crippen LogP contribution is 2.22. The second kappa shape index (κ2) is 6.89. The molecule has 0 aliphatic heterocycles. The maximum absolute atomic E-state index is 12.1. The summed E-state index contributed by atoms with van der Waals surface area (Å²) in [7, 11) is 0. The average molecular weight is 407 g/mol. The van der Waals surface area contributed by atoms with Crippen LogP contribution in [0.3, 0.4) is 0 Å². The van der Waals surface area contributed by atoms with Crippen molar-refractivity contribution in [3.8, 4) is 11.4 Å². The standard InChI is InChI=1S/C14H11BrN6O2S/c15-9-3-1-8(2-4-9)13-18-20-21(19-13)7-11(22)17-14-10(12(16)23)5-6-24-14/h1-6H,7H2,(H2,16,23)(H,17,22). The van der Waals surface area contributed by atoms with E-state index in [0.717, 1.165) is 10.0 Å². The first kappa shape index (κ1) is 16.3. The lowest BCUT2D eigenvalue weighted by Gasteiger charge is -2.03. The molecule has 2 aromatic heterocycles. The molecule has 0 aliphatic rings. The summed E-state index contributed by atoms with van der Waals surface area (Å²) in [4.78, 5) is 24.5. The molecule has 2 amide bonds. The van der Waals surface area contributed by atoms with E-state index < -0.39 is 5.91 Å². The van der Waals surface area contributed by atoms with Gasteiger partial charge in [0.2, 0.25) is 11.7 Å². The minimum atomic E-state index is -0.594. The van der Waals surface area contributed by atoms with E-state index in [1.54, 1.807) is 11.4 Å². The van der Waals surface area contributed by atoms with Gasteiger partial charge in [-0.15, -0.1) is 21.5 Å². The fourth-order valence-corrected chi connectivity index (χ4v) is 2.99. The summed E-state index contributed by atoms with van der Waals surface area (Å²) in [5.41, 5.74) is 6.30. The number of nitrogens with two attached hydrogens (primary N) is 1. The Hall–Kier alpha value is -2.59. The maximum atomic E-state index is 12.1. The van der Waals surface area contributed by atoms with Crippen LogP contribution in [0.1, 0.15) is 10.4 Å². The molecule has 0 fully saturated rings. The van der Waals surface area contributed by atoms with Gasteiger partial charge in [0.25, 0.3) is 5.91 Å². The number of anilines is 1. The molecule has 2 heterocycles. The zero-order chi connectivity index (χ0) is 17.1. The average Bonchev–Trinajstić information content (AvgIpc) is 3.17. The van der Waals surface area contributed by atoms with Gasteiger partial charge in [-0.1, -0.05) is 15.9 Å². The number of hydrogen-bond acceptors (Lipinski definition) is 6. The molecule has 0 unspecified atom stereocenters. The molecule has 1 aromatic carbocycles. The van der Waals surface area contributed by atoms with E-state index >= 15 is 0 Å². The number of carbonyl (C=O) groups excluding carboxylic acids is 2. The van der Waals surface area contributed by atoms with Crippen LogP contribution in [0.25, 0.3) is 11.4 Å². The van der Waals surface area contributed by atoms with Gasteiger partial charge in [0.1, 0.15) is 11.5 Å². The smallest absolute Gasteiger partial charge is 0.251 e. The van der Waals surface area contributed by atoms with Gasteiger partial charge in [-0.25, -0.2) is 0 Å². The van der Waals surface area contributed by atoms with Crippen molar-refractivity contribution in [3.05, 3.63) is 45.7 Å². The molecule has 3 N–H and O–H groups in total. The van der Waals surface area contributed by atoms with Gasteiger partial charge in [0.05, 0.1) is 5.56 Å². The molecule has 0 radical (unpaired) electrons. The quantitative estimate of drug-likeness (QED) is 0.670. The van der Waals surface area contributed by atoms with E-state index in [1.807, 2.05) is 24.3 Å². The number of primary amides is 1. The summed E-state index contributed by atoms with van der Waals surface area (Å²) in [5, 5.41) is 16.7. The number of halogens is 1. The van der Waals surface area contributed by atoms with Crippen LogP contribution in [0.4, 0.5) is 5.00 Å². The molecule has 10 heteroatoms. The van der Waals surface area contributed by atoms with Crippen LogP contribution in [0, 0.1) is 0 Å². The van der Waals surface area contributed by atoms with Gasteiger partial charge < -0.3 is 11.1 Å². The minimum absolute atomic E-state index is 0.125. The summed E-state index contributed by atoms with van der Waals surface area (Å²) < 4.78 is 0.944. The van der Waals surface area contributed by atoms with Crippen LogP contribution in [0.5, 0.6) is 0 Å². The van der Waals surface area contributed by atoms with Gasteiger partial charge in [-0.2, -0.15) is 4.80 Å². The summed E-state index contributed by atoms with van der Waals surface area (Å²) in [5.74, 6) is -0.549. The second-order valence-corrected chi connectivity index (χ2v) is 6.56. The number of benzene rings is 1. The summed E-state index contributed by atoms with van der Waals surface area (Å²) in [6, 6.07) is 8.98. The maximum Gasteiger partial charge on any atom is 0.251 e. The number of nitrogens with zero attached hydrogens (tertiary/aromatic N) is 4. The Balaban J connectivity index is 1.68. The number of carbonyl (C=O) groups is 2. The van der Waals surface area contributed by atoms with Crippen molar-refractivity contribution < 1.29 is 9.59 Å². The van der Waals surface area contributed by atoms with E-state index in [2.05, 4.69) is 36.7 Å². The molecule has 8 nitrogen and oxygen atoms in total. The van der Waals surface area contributed by atoms with Gasteiger partial charge in [-0.05, 0) is 40.9 Å². The number of amides is 2. The highest BCUT2D eigenvalue weighted by atomic mass is 79.9. The molecule has 3 rings (SSSR count). The van der Waals surface area contributed by atoms with E-state index in [0.29, 0.717) is 10.8 Å². The first-order valence-corrected chi connectivity index (χ1v) is 8.41. The van der Waals surface area contributed by atoms with Crippen molar-refractivity contribution in [1.29, 1.82) is 0 Å². The van der Waals surface area contributed by atoms with Crippen molar-refractivity contribution >= 4 is 44.1 Å². The molecule has 3 aromatic rings. The van der Waals surface area contributed by atoms with E-state index in [9.17, 15) is 9.59 Å². The molecule has 0 saturated carbocycles. The predicted molar refractivity (Wildman–Crippen MR) is 92.4 cm³/mol. The second-order valence-electron chi connectivity index (χ2n) is 4.73. The van der Waals surface area contributed by atoms with Crippen molar-refractivity contribution in [2.75, 3.05) is 5.32 Å². The molecule has 122 valence electrons. The number of aromatic nitrogens is 4. The number of thiophene rings is 1. The lowest BCUT2D eigenvalue weighted by molar-refractivity contribution is -0.117. The Bertz CT molecular complexity index is 889. The molecule has 24 heavy (non-hydrogen) atoms. The number of nitrogens with one attached hydrogen (secondary N) is 1. The summed E-state index contributed by atoms with van der Waals surface area (Å²) in [6.45, 7) is -0.125. The van der Waals surface area contributed by atoms with E-state index in [1.165, 1.54) is 16.1 Å². The van der Waals surface area contributed by atoms with Gasteiger partial charge in [-0.3, -0.25) is 9.59 Å². The molecular weight excluding hydrogens is 396 g/mol. The summed E-state index contributed by atoms with van der Waals surface area (Å²) >= 11 is 4.57. The van der Waals surface area contributed by atoms with Crippen molar-refractivity contribution in [3.63, 3.8) is 0 Å². The lowest BCUT2D eigenvalue weighted by atomic mass is 10.2. The van der Waals surface area contributed by atoms with E-state index in [-0.39, 0.29) is 18.0 Å². The van der Waals surface area contributed by atoms with Crippen LogP contribution in [0.2, 0.25) is 0 Å². The third-order valence-electron chi connectivity index (χ3n) is 3.02. The SMILES string of the molecule is NC(=O)c1ccsc1NC(=O)Cn1nnc(-c2ccc(Br)cc2)n1.